The molecule has 1 aromatic rings. The van der Waals surface area contributed by atoms with Crippen LogP contribution in [-0.4, -0.2) is 17.7 Å². The molecule has 0 aliphatic carbocycles. The molecule has 1 rings (SSSR count). The molecule has 3 nitrogen and oxygen atoms in total. The van der Waals surface area contributed by atoms with Crippen LogP contribution in [0.5, 0.6) is 0 Å². The summed E-state index contributed by atoms with van der Waals surface area (Å²) in [7, 11) is 0. The topological polar surface area (TPSA) is 46.5 Å². The van der Waals surface area contributed by atoms with Gasteiger partial charge in [-0.1, -0.05) is 30.3 Å². The SMILES string of the molecule is CC(=O)OCCC[C@H](O)c1ccccc1. The highest BCUT2D eigenvalue weighted by Crippen LogP contribution is 2.17. The normalized spacial score (nSPS) is 12.1. The highest BCUT2D eigenvalue weighted by molar-refractivity contribution is 5.65. The summed E-state index contributed by atoms with van der Waals surface area (Å²) in [5.41, 5.74) is 0.903. The standard InChI is InChI=1S/C12H16O3/c1-10(13)15-9-5-8-12(14)11-6-3-2-4-7-11/h2-4,6-7,12,14H,5,8-9H2,1H3/t12-/m0/s1. The number of ether oxygens (including phenoxy) is 1. The third-order valence-electron chi connectivity index (χ3n) is 2.11. The summed E-state index contributed by atoms with van der Waals surface area (Å²) in [5.74, 6) is -0.274. The van der Waals surface area contributed by atoms with Crippen LogP contribution in [-0.2, 0) is 9.53 Å². The van der Waals surface area contributed by atoms with Gasteiger partial charge in [-0.3, -0.25) is 4.79 Å². The third-order valence-corrected chi connectivity index (χ3v) is 2.11. The zero-order valence-electron chi connectivity index (χ0n) is 8.85. The van der Waals surface area contributed by atoms with Crippen molar-refractivity contribution in [2.24, 2.45) is 0 Å². The molecule has 1 aromatic carbocycles. The smallest absolute Gasteiger partial charge is 0.302 e. The highest BCUT2D eigenvalue weighted by atomic mass is 16.5. The van der Waals surface area contributed by atoms with Gasteiger partial charge >= 0.3 is 5.97 Å². The molecule has 0 aliphatic heterocycles. The van der Waals surface area contributed by atoms with Gasteiger partial charge in [0.1, 0.15) is 0 Å². The zero-order chi connectivity index (χ0) is 11.1. The molecular formula is C12H16O3. The predicted octanol–water partition coefficient (Wildman–Crippen LogP) is 2.06. The van der Waals surface area contributed by atoms with E-state index in [4.69, 9.17) is 4.74 Å². The number of aliphatic hydroxyl groups is 1. The first-order chi connectivity index (χ1) is 7.20. The molecule has 0 radical (unpaired) electrons. The molecule has 0 bridgehead atoms. The summed E-state index contributed by atoms with van der Waals surface area (Å²) in [6.45, 7) is 1.76. The minimum absolute atomic E-state index is 0.274. The second-order valence-electron chi connectivity index (χ2n) is 3.41. The van der Waals surface area contributed by atoms with E-state index < -0.39 is 6.10 Å². The Balaban J connectivity index is 2.25. The van der Waals surface area contributed by atoms with Crippen molar-refractivity contribution in [1.82, 2.24) is 0 Å². The van der Waals surface area contributed by atoms with Crippen molar-refractivity contribution < 1.29 is 14.6 Å². The number of rotatable bonds is 5. The van der Waals surface area contributed by atoms with E-state index >= 15 is 0 Å². The van der Waals surface area contributed by atoms with Crippen molar-refractivity contribution in [2.75, 3.05) is 6.61 Å². The van der Waals surface area contributed by atoms with Crippen LogP contribution in [0.4, 0.5) is 0 Å². The van der Waals surface area contributed by atoms with E-state index in [9.17, 15) is 9.90 Å². The average molecular weight is 208 g/mol. The molecule has 0 saturated carbocycles. The number of carbonyl (C=O) groups excluding carboxylic acids is 1. The molecule has 0 fully saturated rings. The molecule has 0 heterocycles. The summed E-state index contributed by atoms with van der Waals surface area (Å²) in [5, 5.41) is 9.75. The van der Waals surface area contributed by atoms with E-state index in [1.807, 2.05) is 30.3 Å². The lowest BCUT2D eigenvalue weighted by Gasteiger charge is -2.10. The maximum atomic E-state index is 10.5. The van der Waals surface area contributed by atoms with Crippen molar-refractivity contribution in [3.8, 4) is 0 Å². The van der Waals surface area contributed by atoms with Gasteiger partial charge in [0.05, 0.1) is 12.7 Å². The van der Waals surface area contributed by atoms with Gasteiger partial charge in [0, 0.05) is 6.92 Å². The minimum Gasteiger partial charge on any atom is -0.466 e. The van der Waals surface area contributed by atoms with Crippen molar-refractivity contribution in [1.29, 1.82) is 0 Å². The van der Waals surface area contributed by atoms with Gasteiger partial charge in [-0.15, -0.1) is 0 Å². The van der Waals surface area contributed by atoms with Gasteiger partial charge in [-0.25, -0.2) is 0 Å². The van der Waals surface area contributed by atoms with Crippen molar-refractivity contribution in [3.05, 3.63) is 35.9 Å². The van der Waals surface area contributed by atoms with Crippen LogP contribution in [0.3, 0.4) is 0 Å². The van der Waals surface area contributed by atoms with Crippen LogP contribution in [0.15, 0.2) is 30.3 Å². The lowest BCUT2D eigenvalue weighted by molar-refractivity contribution is -0.141. The van der Waals surface area contributed by atoms with Gasteiger partial charge < -0.3 is 9.84 Å². The number of esters is 1. The van der Waals surface area contributed by atoms with E-state index in [1.54, 1.807) is 0 Å². The Morgan fingerprint density at radius 1 is 1.40 bits per heavy atom. The predicted molar refractivity (Wildman–Crippen MR) is 57.3 cm³/mol. The molecule has 0 unspecified atom stereocenters. The quantitative estimate of drug-likeness (QED) is 0.595. The molecule has 0 spiro atoms. The average Bonchev–Trinajstić information content (AvgIpc) is 2.25. The Morgan fingerprint density at radius 2 is 2.07 bits per heavy atom. The van der Waals surface area contributed by atoms with Gasteiger partial charge in [-0.2, -0.15) is 0 Å². The molecular weight excluding hydrogens is 192 g/mol. The van der Waals surface area contributed by atoms with Crippen LogP contribution in [0.25, 0.3) is 0 Å². The second-order valence-corrected chi connectivity index (χ2v) is 3.41. The number of carbonyl (C=O) groups is 1. The highest BCUT2D eigenvalue weighted by Gasteiger charge is 2.06. The molecule has 0 aliphatic rings. The van der Waals surface area contributed by atoms with Crippen LogP contribution in [0, 0.1) is 0 Å². The summed E-state index contributed by atoms with van der Waals surface area (Å²) < 4.78 is 4.78. The molecule has 1 atom stereocenters. The summed E-state index contributed by atoms with van der Waals surface area (Å²) in [6.07, 6.45) is 0.814. The summed E-state index contributed by atoms with van der Waals surface area (Å²) >= 11 is 0. The summed E-state index contributed by atoms with van der Waals surface area (Å²) in [4.78, 5) is 10.5. The molecule has 1 N–H and O–H groups in total. The van der Waals surface area contributed by atoms with Gasteiger partial charge in [0.15, 0.2) is 0 Å². The largest absolute Gasteiger partial charge is 0.466 e. The number of aliphatic hydroxyl groups excluding tert-OH is 1. The van der Waals surface area contributed by atoms with Gasteiger partial charge in [0.2, 0.25) is 0 Å². The maximum absolute atomic E-state index is 10.5. The number of hydrogen-bond donors (Lipinski definition) is 1. The van der Waals surface area contributed by atoms with Crippen molar-refractivity contribution >= 4 is 5.97 Å². The first-order valence-corrected chi connectivity index (χ1v) is 5.06. The van der Waals surface area contributed by atoms with E-state index in [1.165, 1.54) is 6.92 Å². The van der Waals surface area contributed by atoms with E-state index in [-0.39, 0.29) is 5.97 Å². The van der Waals surface area contributed by atoms with Crippen LogP contribution < -0.4 is 0 Å². The summed E-state index contributed by atoms with van der Waals surface area (Å²) in [6, 6.07) is 9.47. The number of hydrogen-bond acceptors (Lipinski definition) is 3. The Hall–Kier alpha value is -1.35. The molecule has 82 valence electrons. The second kappa shape index (κ2) is 6.19. The fourth-order valence-corrected chi connectivity index (χ4v) is 1.33. The molecule has 15 heavy (non-hydrogen) atoms. The molecule has 3 heteroatoms. The van der Waals surface area contributed by atoms with Crippen LogP contribution in [0.1, 0.15) is 31.4 Å². The van der Waals surface area contributed by atoms with E-state index in [0.29, 0.717) is 19.4 Å². The fraction of sp³-hybridized carbons (Fsp3) is 0.417. The van der Waals surface area contributed by atoms with Crippen molar-refractivity contribution in [3.63, 3.8) is 0 Å². The fourth-order valence-electron chi connectivity index (χ4n) is 1.33. The monoisotopic (exact) mass is 208 g/mol. The Kier molecular flexibility index (Phi) is 4.84. The lowest BCUT2D eigenvalue weighted by atomic mass is 10.1. The van der Waals surface area contributed by atoms with E-state index in [0.717, 1.165) is 5.56 Å². The van der Waals surface area contributed by atoms with E-state index in [2.05, 4.69) is 0 Å². The van der Waals surface area contributed by atoms with Gasteiger partial charge in [0.25, 0.3) is 0 Å². The number of benzene rings is 1. The first kappa shape index (κ1) is 11.7. The Labute approximate surface area is 89.7 Å². The van der Waals surface area contributed by atoms with Crippen LogP contribution >= 0.6 is 0 Å². The Bertz CT molecular complexity index is 295. The third kappa shape index (κ3) is 4.61. The first-order valence-electron chi connectivity index (χ1n) is 5.06. The molecule has 0 saturated heterocycles. The molecule has 0 aromatic heterocycles. The van der Waals surface area contributed by atoms with Crippen molar-refractivity contribution in [2.45, 2.75) is 25.9 Å². The maximum Gasteiger partial charge on any atom is 0.302 e. The van der Waals surface area contributed by atoms with Gasteiger partial charge in [-0.05, 0) is 18.4 Å². The van der Waals surface area contributed by atoms with Crippen LogP contribution in [0.2, 0.25) is 0 Å². The lowest BCUT2D eigenvalue weighted by Crippen LogP contribution is -2.03. The zero-order valence-corrected chi connectivity index (χ0v) is 8.85. The molecule has 0 amide bonds. The Morgan fingerprint density at radius 3 is 2.67 bits per heavy atom. The minimum atomic E-state index is -0.471.